The van der Waals surface area contributed by atoms with Crippen LogP contribution in [0.3, 0.4) is 0 Å². The Labute approximate surface area is 94.7 Å². The first-order valence-corrected chi connectivity index (χ1v) is 4.97. The molecular formula is C9H11IZn+2. The van der Waals surface area contributed by atoms with E-state index in [1.807, 2.05) is 0 Å². The van der Waals surface area contributed by atoms with E-state index in [1.54, 1.807) is 0 Å². The van der Waals surface area contributed by atoms with Gasteiger partial charge in [-0.1, -0.05) is 46.9 Å². The number of halogens is 1. The first-order chi connectivity index (χ1) is 4.84. The minimum Gasteiger partial charge on any atom is -0.0860 e. The molecule has 0 spiro atoms. The van der Waals surface area contributed by atoms with Gasteiger partial charge >= 0.3 is 19.5 Å². The Kier molecular flexibility index (Phi) is 6.45. The van der Waals surface area contributed by atoms with Crippen LogP contribution in [0.5, 0.6) is 0 Å². The van der Waals surface area contributed by atoms with Gasteiger partial charge in [-0.05, 0) is 24.5 Å². The molecule has 0 nitrogen and oxygen atoms in total. The molecule has 0 radical (unpaired) electrons. The fraction of sp³-hybridized carbons (Fsp3) is 0.333. The van der Waals surface area contributed by atoms with Gasteiger partial charge in [0.25, 0.3) is 0 Å². The topological polar surface area (TPSA) is 0 Å². The zero-order valence-electron chi connectivity index (χ0n) is 6.81. The van der Waals surface area contributed by atoms with E-state index in [2.05, 4.69) is 53.8 Å². The summed E-state index contributed by atoms with van der Waals surface area (Å²) >= 11 is 2.41. The minimum absolute atomic E-state index is 0. The van der Waals surface area contributed by atoms with E-state index in [0.717, 1.165) is 0 Å². The number of hydrogen-bond donors (Lipinski definition) is 0. The molecule has 0 heterocycles. The number of hydrogen-bond acceptors (Lipinski definition) is 0. The van der Waals surface area contributed by atoms with Gasteiger partial charge in [0.2, 0.25) is 0 Å². The van der Waals surface area contributed by atoms with Crippen molar-refractivity contribution in [3.05, 3.63) is 35.4 Å². The normalized spacial score (nSPS) is 8.91. The van der Waals surface area contributed by atoms with Crippen LogP contribution in [0, 0.1) is 6.92 Å². The summed E-state index contributed by atoms with van der Waals surface area (Å²) < 4.78 is 1.21. The van der Waals surface area contributed by atoms with Gasteiger partial charge in [0.05, 0.1) is 0 Å². The maximum absolute atomic E-state index is 2.41. The predicted octanol–water partition coefficient (Wildman–Crippen LogP) is 2.97. The molecule has 0 amide bonds. The third kappa shape index (κ3) is 3.66. The van der Waals surface area contributed by atoms with E-state index in [1.165, 1.54) is 22.0 Å². The molecule has 0 fully saturated rings. The van der Waals surface area contributed by atoms with Crippen LogP contribution in [-0.4, -0.2) is 4.43 Å². The quantitative estimate of drug-likeness (QED) is 0.447. The van der Waals surface area contributed by atoms with Crippen molar-refractivity contribution in [2.75, 3.05) is 4.43 Å². The summed E-state index contributed by atoms with van der Waals surface area (Å²) in [5.41, 5.74) is 2.90. The Hall–Kier alpha value is 0.573. The second-order valence-corrected chi connectivity index (χ2v) is 3.44. The molecule has 0 aromatic heterocycles. The SMILES string of the molecule is Cc1ccccc1CCI.[Zn+2]. The Balaban J connectivity index is 0.000001000. The van der Waals surface area contributed by atoms with E-state index in [0.29, 0.717) is 0 Å². The van der Waals surface area contributed by atoms with E-state index in [4.69, 9.17) is 0 Å². The first-order valence-electron chi connectivity index (χ1n) is 3.45. The van der Waals surface area contributed by atoms with Crippen molar-refractivity contribution in [1.29, 1.82) is 0 Å². The molecular weight excluding hydrogens is 300 g/mol. The number of aryl methyl sites for hydroxylation is 2. The molecule has 0 saturated heterocycles. The zero-order valence-corrected chi connectivity index (χ0v) is 11.9. The van der Waals surface area contributed by atoms with Crippen LogP contribution in [0.4, 0.5) is 0 Å². The van der Waals surface area contributed by atoms with Crippen LogP contribution in [-0.2, 0) is 25.9 Å². The molecule has 1 rings (SSSR count). The van der Waals surface area contributed by atoms with Crippen molar-refractivity contribution in [1.82, 2.24) is 0 Å². The van der Waals surface area contributed by atoms with Crippen molar-refractivity contribution in [2.24, 2.45) is 0 Å². The molecule has 0 saturated carbocycles. The maximum Gasteiger partial charge on any atom is 2.00 e. The summed E-state index contributed by atoms with van der Waals surface area (Å²) in [7, 11) is 0. The largest absolute Gasteiger partial charge is 2.00 e. The molecule has 1 aromatic carbocycles. The summed E-state index contributed by atoms with van der Waals surface area (Å²) in [5, 5.41) is 0. The molecule has 0 unspecified atom stereocenters. The van der Waals surface area contributed by atoms with E-state index >= 15 is 0 Å². The molecule has 0 aliphatic carbocycles. The molecule has 0 aliphatic heterocycles. The third-order valence-electron chi connectivity index (χ3n) is 1.63. The molecule has 11 heavy (non-hydrogen) atoms. The van der Waals surface area contributed by atoms with E-state index < -0.39 is 0 Å². The summed E-state index contributed by atoms with van der Waals surface area (Å²) in [4.78, 5) is 0. The van der Waals surface area contributed by atoms with Gasteiger partial charge in [-0.25, -0.2) is 0 Å². The first kappa shape index (κ1) is 11.6. The molecule has 2 heteroatoms. The molecule has 54 valence electrons. The van der Waals surface area contributed by atoms with E-state index in [-0.39, 0.29) is 19.5 Å². The van der Waals surface area contributed by atoms with Gasteiger partial charge in [-0.2, -0.15) is 0 Å². The van der Waals surface area contributed by atoms with Crippen LogP contribution in [0.25, 0.3) is 0 Å². The summed E-state index contributed by atoms with van der Waals surface area (Å²) in [6.07, 6.45) is 1.20. The van der Waals surface area contributed by atoms with Crippen molar-refractivity contribution in [3.63, 3.8) is 0 Å². The minimum atomic E-state index is 0. The third-order valence-corrected chi connectivity index (χ3v) is 2.16. The van der Waals surface area contributed by atoms with Crippen LogP contribution < -0.4 is 0 Å². The average molecular weight is 311 g/mol. The van der Waals surface area contributed by atoms with Gasteiger partial charge < -0.3 is 0 Å². The second-order valence-electron chi connectivity index (χ2n) is 2.37. The Bertz CT molecular complexity index is 210. The average Bonchev–Trinajstić information content (AvgIpc) is 1.94. The monoisotopic (exact) mass is 310 g/mol. The van der Waals surface area contributed by atoms with Crippen LogP contribution in [0.15, 0.2) is 24.3 Å². The molecule has 1 aromatic rings. The summed E-state index contributed by atoms with van der Waals surface area (Å²) in [5.74, 6) is 0. The Morgan fingerprint density at radius 2 is 1.91 bits per heavy atom. The smallest absolute Gasteiger partial charge is 0.0860 e. The fourth-order valence-electron chi connectivity index (χ4n) is 0.992. The second kappa shape index (κ2) is 6.13. The number of alkyl halides is 1. The number of rotatable bonds is 2. The van der Waals surface area contributed by atoms with Gasteiger partial charge in [-0.3, -0.25) is 0 Å². The van der Waals surface area contributed by atoms with E-state index in [9.17, 15) is 0 Å². The van der Waals surface area contributed by atoms with Gasteiger partial charge in [0, 0.05) is 4.43 Å². The predicted molar refractivity (Wildman–Crippen MR) is 53.8 cm³/mol. The van der Waals surface area contributed by atoms with Gasteiger partial charge in [0.1, 0.15) is 0 Å². The Morgan fingerprint density at radius 3 is 2.45 bits per heavy atom. The standard InChI is InChI=1S/C9H11I.Zn/c1-8-4-2-3-5-9(8)6-7-10;/h2-5H,6-7H2,1H3;/q;+2. The van der Waals surface area contributed by atoms with Gasteiger partial charge in [-0.15, -0.1) is 0 Å². The van der Waals surface area contributed by atoms with Crippen molar-refractivity contribution < 1.29 is 19.5 Å². The van der Waals surface area contributed by atoms with Crippen LogP contribution in [0.1, 0.15) is 11.1 Å². The fourth-order valence-corrected chi connectivity index (χ4v) is 1.57. The number of benzene rings is 1. The van der Waals surface area contributed by atoms with Crippen LogP contribution in [0.2, 0.25) is 0 Å². The summed E-state index contributed by atoms with van der Waals surface area (Å²) in [6.45, 7) is 2.17. The van der Waals surface area contributed by atoms with Crippen molar-refractivity contribution in [2.45, 2.75) is 13.3 Å². The Morgan fingerprint density at radius 1 is 1.27 bits per heavy atom. The summed E-state index contributed by atoms with van der Waals surface area (Å²) in [6, 6.07) is 8.57. The maximum atomic E-state index is 2.41. The van der Waals surface area contributed by atoms with Crippen molar-refractivity contribution >= 4 is 22.6 Å². The molecule has 0 atom stereocenters. The zero-order chi connectivity index (χ0) is 7.40. The molecule has 0 bridgehead atoms. The van der Waals surface area contributed by atoms with Crippen molar-refractivity contribution in [3.8, 4) is 0 Å². The van der Waals surface area contributed by atoms with Gasteiger partial charge in [0.15, 0.2) is 0 Å². The molecule has 0 aliphatic rings. The molecule has 0 N–H and O–H groups in total. The van der Waals surface area contributed by atoms with Crippen LogP contribution >= 0.6 is 22.6 Å².